The van der Waals surface area contributed by atoms with E-state index in [1.165, 1.54) is 0 Å². The van der Waals surface area contributed by atoms with Gasteiger partial charge < -0.3 is 9.64 Å². The summed E-state index contributed by atoms with van der Waals surface area (Å²) in [5, 5.41) is 0. The van der Waals surface area contributed by atoms with Crippen molar-refractivity contribution >= 4 is 6.09 Å². The van der Waals surface area contributed by atoms with Crippen LogP contribution in [0.1, 0.15) is 20.8 Å². The van der Waals surface area contributed by atoms with Crippen molar-refractivity contribution in [1.82, 2.24) is 4.90 Å². The standard InChI is InChI=1S/C17H21NO2/c1-15(2,3)20-14(19)18-12-16-8-4-5-9-17(16,13-18)11-7-6-10-16/h4-11H,12-13H2,1-3H3. The molecular formula is C17H21NO2. The smallest absolute Gasteiger partial charge is 0.410 e. The largest absolute Gasteiger partial charge is 0.444 e. The molecular weight excluding hydrogens is 250 g/mol. The van der Waals surface area contributed by atoms with Gasteiger partial charge >= 0.3 is 6.09 Å². The number of amides is 1. The Bertz CT molecular complexity index is 486. The lowest BCUT2D eigenvalue weighted by atomic mass is 9.61. The maximum Gasteiger partial charge on any atom is 0.410 e. The van der Waals surface area contributed by atoms with E-state index in [0.29, 0.717) is 13.1 Å². The maximum absolute atomic E-state index is 12.3. The van der Waals surface area contributed by atoms with Crippen LogP contribution in [0.2, 0.25) is 0 Å². The summed E-state index contributed by atoms with van der Waals surface area (Å²) in [6.07, 6.45) is 16.9. The highest BCUT2D eigenvalue weighted by Gasteiger charge is 2.55. The number of ether oxygens (including phenoxy) is 1. The van der Waals surface area contributed by atoms with E-state index in [9.17, 15) is 4.79 Å². The number of hydrogen-bond donors (Lipinski definition) is 0. The second-order valence-electron chi connectivity index (χ2n) is 6.85. The van der Waals surface area contributed by atoms with Crippen LogP contribution in [0.15, 0.2) is 48.6 Å². The Hall–Kier alpha value is -1.77. The minimum atomic E-state index is -0.456. The first kappa shape index (κ1) is 13.2. The van der Waals surface area contributed by atoms with E-state index in [-0.39, 0.29) is 16.9 Å². The molecule has 0 bridgehead atoms. The number of nitrogens with zero attached hydrogens (tertiary/aromatic N) is 1. The summed E-state index contributed by atoms with van der Waals surface area (Å²) in [6.45, 7) is 7.04. The lowest BCUT2D eigenvalue weighted by Gasteiger charge is -2.40. The molecule has 1 fully saturated rings. The zero-order valence-corrected chi connectivity index (χ0v) is 12.3. The number of allylic oxidation sites excluding steroid dienone is 4. The molecule has 1 aliphatic heterocycles. The van der Waals surface area contributed by atoms with Crippen molar-refractivity contribution in [3.05, 3.63) is 48.6 Å². The molecule has 0 N–H and O–H groups in total. The number of carbonyl (C=O) groups is 1. The van der Waals surface area contributed by atoms with Gasteiger partial charge in [-0.1, -0.05) is 48.6 Å². The van der Waals surface area contributed by atoms with Crippen LogP contribution in [0.5, 0.6) is 0 Å². The fourth-order valence-corrected chi connectivity index (χ4v) is 3.29. The molecule has 1 amide bonds. The van der Waals surface area contributed by atoms with E-state index >= 15 is 0 Å². The first-order valence-corrected chi connectivity index (χ1v) is 7.08. The third kappa shape index (κ3) is 1.92. The zero-order chi connectivity index (χ0) is 14.4. The monoisotopic (exact) mass is 271 g/mol. The Labute approximate surface area is 120 Å². The van der Waals surface area contributed by atoms with Crippen LogP contribution in [0.3, 0.4) is 0 Å². The Morgan fingerprint density at radius 2 is 1.35 bits per heavy atom. The number of hydrogen-bond acceptors (Lipinski definition) is 2. The van der Waals surface area contributed by atoms with Crippen molar-refractivity contribution in [3.63, 3.8) is 0 Å². The van der Waals surface area contributed by atoms with Crippen LogP contribution in [0, 0.1) is 10.8 Å². The van der Waals surface area contributed by atoms with Crippen molar-refractivity contribution in [2.75, 3.05) is 13.1 Å². The fraction of sp³-hybridized carbons (Fsp3) is 0.471. The number of likely N-dealkylation sites (tertiary alicyclic amines) is 1. The summed E-state index contributed by atoms with van der Waals surface area (Å²) in [4.78, 5) is 14.2. The third-order valence-corrected chi connectivity index (χ3v) is 4.22. The van der Waals surface area contributed by atoms with Crippen molar-refractivity contribution in [2.24, 2.45) is 10.8 Å². The van der Waals surface area contributed by atoms with Gasteiger partial charge in [0.15, 0.2) is 0 Å². The first-order valence-electron chi connectivity index (χ1n) is 7.08. The molecule has 3 nitrogen and oxygen atoms in total. The van der Waals surface area contributed by atoms with Crippen LogP contribution in [-0.4, -0.2) is 29.7 Å². The molecule has 1 heterocycles. The van der Waals surface area contributed by atoms with Crippen molar-refractivity contribution in [1.29, 1.82) is 0 Å². The molecule has 0 aromatic carbocycles. The highest BCUT2D eigenvalue weighted by molar-refractivity contribution is 5.70. The van der Waals surface area contributed by atoms with Gasteiger partial charge in [-0.25, -0.2) is 4.79 Å². The summed E-state index contributed by atoms with van der Waals surface area (Å²) in [7, 11) is 0. The highest BCUT2D eigenvalue weighted by Crippen LogP contribution is 2.54. The van der Waals surface area contributed by atoms with Gasteiger partial charge in [0, 0.05) is 23.9 Å². The van der Waals surface area contributed by atoms with Crippen molar-refractivity contribution in [2.45, 2.75) is 26.4 Å². The fourth-order valence-electron chi connectivity index (χ4n) is 3.29. The molecule has 0 aromatic heterocycles. The van der Waals surface area contributed by atoms with Crippen LogP contribution in [0.25, 0.3) is 0 Å². The molecule has 3 heteroatoms. The normalized spacial score (nSPS) is 34.0. The van der Waals surface area contributed by atoms with Gasteiger partial charge in [-0.05, 0) is 20.8 Å². The molecule has 0 spiro atoms. The lowest BCUT2D eigenvalue weighted by molar-refractivity contribution is 0.0280. The number of carbonyl (C=O) groups excluding carboxylic acids is 1. The van der Waals surface area contributed by atoms with Gasteiger partial charge in [0.1, 0.15) is 5.60 Å². The second kappa shape index (κ2) is 4.11. The van der Waals surface area contributed by atoms with Crippen LogP contribution < -0.4 is 0 Å². The summed E-state index contributed by atoms with van der Waals surface area (Å²) in [6, 6.07) is 0. The maximum atomic E-state index is 12.3. The predicted molar refractivity (Wildman–Crippen MR) is 79.2 cm³/mol. The Morgan fingerprint density at radius 1 is 0.950 bits per heavy atom. The molecule has 106 valence electrons. The van der Waals surface area contributed by atoms with Crippen LogP contribution >= 0.6 is 0 Å². The van der Waals surface area contributed by atoms with E-state index in [0.717, 1.165) is 0 Å². The molecule has 3 aliphatic rings. The van der Waals surface area contributed by atoms with Gasteiger partial charge in [0.05, 0.1) is 0 Å². The molecule has 0 radical (unpaired) electrons. The lowest BCUT2D eigenvalue weighted by Crippen LogP contribution is -2.37. The van der Waals surface area contributed by atoms with Gasteiger partial charge in [-0.3, -0.25) is 0 Å². The molecule has 3 rings (SSSR count). The minimum Gasteiger partial charge on any atom is -0.444 e. The minimum absolute atomic E-state index is 0.118. The Kier molecular flexibility index (Phi) is 2.72. The molecule has 0 aromatic rings. The van der Waals surface area contributed by atoms with Crippen LogP contribution in [0.4, 0.5) is 4.79 Å². The average Bonchev–Trinajstić information content (AvgIpc) is 2.72. The van der Waals surface area contributed by atoms with Crippen molar-refractivity contribution in [3.8, 4) is 0 Å². The third-order valence-electron chi connectivity index (χ3n) is 4.22. The summed E-state index contributed by atoms with van der Waals surface area (Å²) in [5.41, 5.74) is -0.691. The quantitative estimate of drug-likeness (QED) is 0.675. The molecule has 1 saturated heterocycles. The second-order valence-corrected chi connectivity index (χ2v) is 6.85. The summed E-state index contributed by atoms with van der Waals surface area (Å²) < 4.78 is 5.52. The van der Waals surface area contributed by atoms with Gasteiger partial charge in [0.2, 0.25) is 0 Å². The molecule has 0 atom stereocenters. The summed E-state index contributed by atoms with van der Waals surface area (Å²) >= 11 is 0. The van der Waals surface area contributed by atoms with E-state index < -0.39 is 5.60 Å². The Morgan fingerprint density at radius 3 is 1.70 bits per heavy atom. The van der Waals surface area contributed by atoms with Crippen LogP contribution in [-0.2, 0) is 4.74 Å². The molecule has 0 unspecified atom stereocenters. The van der Waals surface area contributed by atoms with E-state index in [1.807, 2.05) is 25.7 Å². The van der Waals surface area contributed by atoms with E-state index in [4.69, 9.17) is 4.74 Å². The Balaban J connectivity index is 1.89. The SMILES string of the molecule is CC(C)(C)OC(=O)N1CC23C=CC=CC2(C=CC=C3)C1. The predicted octanol–water partition coefficient (Wildman–Crippen LogP) is 3.46. The van der Waals surface area contributed by atoms with Gasteiger partial charge in [-0.15, -0.1) is 0 Å². The average molecular weight is 271 g/mol. The van der Waals surface area contributed by atoms with E-state index in [1.54, 1.807) is 0 Å². The molecule has 0 saturated carbocycles. The van der Waals surface area contributed by atoms with Crippen molar-refractivity contribution < 1.29 is 9.53 Å². The van der Waals surface area contributed by atoms with Gasteiger partial charge in [0.25, 0.3) is 0 Å². The highest BCUT2D eigenvalue weighted by atomic mass is 16.6. The van der Waals surface area contributed by atoms with E-state index in [2.05, 4.69) is 48.6 Å². The summed E-state index contributed by atoms with van der Waals surface area (Å²) in [5.74, 6) is 0. The molecule has 2 aliphatic carbocycles. The number of rotatable bonds is 0. The first-order chi connectivity index (χ1) is 9.36. The van der Waals surface area contributed by atoms with Gasteiger partial charge in [-0.2, -0.15) is 0 Å². The topological polar surface area (TPSA) is 29.5 Å². The zero-order valence-electron chi connectivity index (χ0n) is 12.3. The molecule has 20 heavy (non-hydrogen) atoms.